The van der Waals surface area contributed by atoms with Gasteiger partial charge in [0.25, 0.3) is 10.0 Å². The normalized spacial score (nSPS) is 11.7. The third-order valence-electron chi connectivity index (χ3n) is 2.09. The van der Waals surface area contributed by atoms with Gasteiger partial charge in [-0.2, -0.15) is 0 Å². The molecule has 1 rings (SSSR count). The minimum atomic E-state index is -3.68. The highest BCUT2D eigenvalue weighted by Crippen LogP contribution is 2.17. The molecule has 0 aromatic carbocycles. The highest BCUT2D eigenvalue weighted by Gasteiger charge is 2.21. The fourth-order valence-electron chi connectivity index (χ4n) is 1.16. The predicted octanol–water partition coefficient (Wildman–Crippen LogP) is 0.945. The van der Waals surface area contributed by atoms with Crippen LogP contribution in [0.25, 0.3) is 0 Å². The Morgan fingerprint density at radius 2 is 2.33 bits per heavy atom. The minimum Gasteiger partial charge on any atom is -0.380 e. The van der Waals surface area contributed by atoms with Crippen molar-refractivity contribution in [2.24, 2.45) is 7.05 Å². The van der Waals surface area contributed by atoms with Crippen LogP contribution in [0.3, 0.4) is 0 Å². The molecule has 0 aliphatic heterocycles. The number of aromatic nitrogens is 2. The molecule has 0 fully saturated rings. The summed E-state index contributed by atoms with van der Waals surface area (Å²) in [6.45, 7) is 4.54. The van der Waals surface area contributed by atoms with Gasteiger partial charge in [0.05, 0.1) is 19.5 Å². The lowest BCUT2D eigenvalue weighted by molar-refractivity contribution is 0.144. The molecule has 0 radical (unpaired) electrons. The van der Waals surface area contributed by atoms with Crippen LogP contribution in [0.4, 0.5) is 0 Å². The van der Waals surface area contributed by atoms with Gasteiger partial charge in [-0.25, -0.2) is 18.1 Å². The summed E-state index contributed by atoms with van der Waals surface area (Å²) in [7, 11) is -2.06. The maximum absolute atomic E-state index is 11.8. The smallest absolute Gasteiger partial charge is 0.261 e. The topological polar surface area (TPSA) is 73.2 Å². The van der Waals surface area contributed by atoms with Crippen LogP contribution in [-0.4, -0.2) is 37.7 Å². The molecule has 0 bridgehead atoms. The van der Waals surface area contributed by atoms with Gasteiger partial charge >= 0.3 is 0 Å². The number of imidazole rings is 1. The van der Waals surface area contributed by atoms with Gasteiger partial charge in [0.2, 0.25) is 5.03 Å². The first-order valence-corrected chi connectivity index (χ1v) is 7.20. The second-order valence-electron chi connectivity index (χ2n) is 3.54. The molecule has 1 heterocycles. The first kappa shape index (κ1) is 15.2. The molecule has 1 N–H and O–H groups in total. The van der Waals surface area contributed by atoms with Crippen LogP contribution < -0.4 is 4.72 Å². The Labute approximate surface area is 112 Å². The van der Waals surface area contributed by atoms with E-state index in [9.17, 15) is 8.42 Å². The molecule has 0 atom stereocenters. The Balaban J connectivity index is 2.46. The van der Waals surface area contributed by atoms with Crippen molar-refractivity contribution in [1.82, 2.24) is 14.3 Å². The van der Waals surface area contributed by atoms with Crippen molar-refractivity contribution in [3.63, 3.8) is 0 Å². The van der Waals surface area contributed by atoms with Gasteiger partial charge in [0, 0.05) is 13.6 Å². The number of ether oxygens (including phenoxy) is 1. The van der Waals surface area contributed by atoms with Gasteiger partial charge < -0.3 is 9.30 Å². The predicted molar refractivity (Wildman–Crippen MR) is 69.0 cm³/mol. The number of nitrogens with one attached hydrogen (secondary N) is 1. The van der Waals surface area contributed by atoms with Crippen LogP contribution in [0.2, 0.25) is 5.15 Å². The number of rotatable bonds is 8. The van der Waals surface area contributed by atoms with Crippen molar-refractivity contribution in [3.8, 4) is 0 Å². The molecular weight excluding hydrogens is 278 g/mol. The second kappa shape index (κ2) is 6.89. The molecule has 0 amide bonds. The third-order valence-corrected chi connectivity index (χ3v) is 4.04. The molecule has 0 saturated carbocycles. The van der Waals surface area contributed by atoms with Gasteiger partial charge in [-0.1, -0.05) is 17.7 Å². The van der Waals surface area contributed by atoms with Crippen LogP contribution in [0.5, 0.6) is 0 Å². The number of aryl methyl sites for hydroxylation is 1. The Bertz CT molecular complexity index is 498. The van der Waals surface area contributed by atoms with Crippen molar-refractivity contribution >= 4 is 21.6 Å². The van der Waals surface area contributed by atoms with Gasteiger partial charge in [-0.05, 0) is 6.42 Å². The first-order valence-electron chi connectivity index (χ1n) is 5.34. The van der Waals surface area contributed by atoms with E-state index in [-0.39, 0.29) is 23.3 Å². The third kappa shape index (κ3) is 4.09. The first-order chi connectivity index (χ1) is 8.49. The zero-order valence-corrected chi connectivity index (χ0v) is 11.7. The largest absolute Gasteiger partial charge is 0.380 e. The molecule has 0 aliphatic carbocycles. The van der Waals surface area contributed by atoms with Crippen LogP contribution in [-0.2, 0) is 21.8 Å². The van der Waals surface area contributed by atoms with Crippen molar-refractivity contribution in [2.75, 3.05) is 19.8 Å². The van der Waals surface area contributed by atoms with Crippen molar-refractivity contribution in [3.05, 3.63) is 24.1 Å². The van der Waals surface area contributed by atoms with Crippen molar-refractivity contribution < 1.29 is 13.2 Å². The molecule has 1 aromatic rings. The molecule has 8 heteroatoms. The lowest BCUT2D eigenvalue weighted by Crippen LogP contribution is -2.28. The number of hydrogen-bond donors (Lipinski definition) is 1. The lowest BCUT2D eigenvalue weighted by Gasteiger charge is -2.05. The number of nitrogens with zero attached hydrogens (tertiary/aromatic N) is 2. The quantitative estimate of drug-likeness (QED) is 0.572. The van der Waals surface area contributed by atoms with Crippen LogP contribution in [0.1, 0.15) is 6.42 Å². The summed E-state index contributed by atoms with van der Waals surface area (Å²) in [4.78, 5) is 3.74. The lowest BCUT2D eigenvalue weighted by atomic mass is 10.5. The summed E-state index contributed by atoms with van der Waals surface area (Å²) in [6, 6.07) is 0. The van der Waals surface area contributed by atoms with Crippen LogP contribution in [0.15, 0.2) is 24.0 Å². The highest BCUT2D eigenvalue weighted by atomic mass is 35.5. The summed E-state index contributed by atoms with van der Waals surface area (Å²) >= 11 is 5.81. The number of hydrogen-bond acceptors (Lipinski definition) is 4. The minimum absolute atomic E-state index is 0.0788. The molecule has 6 nitrogen and oxygen atoms in total. The van der Waals surface area contributed by atoms with Crippen LogP contribution in [0, 0.1) is 0 Å². The summed E-state index contributed by atoms with van der Waals surface area (Å²) in [6.07, 6.45) is 3.81. The molecule has 0 unspecified atom stereocenters. The Morgan fingerprint density at radius 3 is 2.89 bits per heavy atom. The van der Waals surface area contributed by atoms with E-state index in [0.717, 1.165) is 6.42 Å². The molecule has 1 aromatic heterocycles. The summed E-state index contributed by atoms with van der Waals surface area (Å²) in [5.74, 6) is 0. The molecule has 18 heavy (non-hydrogen) atoms. The zero-order chi connectivity index (χ0) is 13.6. The average molecular weight is 294 g/mol. The van der Waals surface area contributed by atoms with Crippen molar-refractivity contribution in [1.29, 1.82) is 0 Å². The SMILES string of the molecule is C=CCCOCCNS(=O)(=O)c1ncn(C)c1Cl. The van der Waals surface area contributed by atoms with E-state index in [0.29, 0.717) is 6.61 Å². The van der Waals surface area contributed by atoms with Gasteiger partial charge in [-0.15, -0.1) is 6.58 Å². The summed E-state index contributed by atoms with van der Waals surface area (Å²) in [5, 5.41) is -0.0900. The van der Waals surface area contributed by atoms with E-state index >= 15 is 0 Å². The van der Waals surface area contributed by atoms with Crippen molar-refractivity contribution in [2.45, 2.75) is 11.4 Å². The number of halogens is 1. The Kier molecular flexibility index (Phi) is 5.80. The maximum Gasteiger partial charge on any atom is 0.261 e. The average Bonchev–Trinajstić information content (AvgIpc) is 2.65. The van der Waals surface area contributed by atoms with Gasteiger partial charge in [0.1, 0.15) is 5.15 Å². The Morgan fingerprint density at radius 1 is 1.61 bits per heavy atom. The number of sulfonamides is 1. The summed E-state index contributed by atoms with van der Waals surface area (Å²) < 4.78 is 32.6. The van der Waals surface area contributed by atoms with E-state index in [1.54, 1.807) is 13.1 Å². The molecule has 0 aliphatic rings. The monoisotopic (exact) mass is 293 g/mol. The van der Waals surface area contributed by atoms with E-state index in [1.165, 1.54) is 10.9 Å². The maximum atomic E-state index is 11.8. The van der Waals surface area contributed by atoms with Gasteiger partial charge in [-0.3, -0.25) is 0 Å². The van der Waals surface area contributed by atoms with E-state index in [4.69, 9.17) is 16.3 Å². The fraction of sp³-hybridized carbons (Fsp3) is 0.500. The molecule has 102 valence electrons. The molecular formula is C10H16ClN3O3S. The molecule has 0 spiro atoms. The standard InChI is InChI=1S/C10H16ClN3O3S/c1-3-4-6-17-7-5-13-18(15,16)10-9(11)14(2)8-12-10/h3,8,13H,1,4-7H2,2H3. The van der Waals surface area contributed by atoms with E-state index in [1.807, 2.05) is 0 Å². The second-order valence-corrected chi connectivity index (χ2v) is 5.58. The Hall–Kier alpha value is -0.890. The zero-order valence-electron chi connectivity index (χ0n) is 10.1. The van der Waals surface area contributed by atoms with Crippen LogP contribution >= 0.6 is 11.6 Å². The fourth-order valence-corrected chi connectivity index (χ4v) is 2.60. The highest BCUT2D eigenvalue weighted by molar-refractivity contribution is 7.89. The van der Waals surface area contributed by atoms with E-state index in [2.05, 4.69) is 16.3 Å². The summed E-state index contributed by atoms with van der Waals surface area (Å²) in [5.41, 5.74) is 0. The molecule has 0 saturated heterocycles. The van der Waals surface area contributed by atoms with E-state index < -0.39 is 10.0 Å². The van der Waals surface area contributed by atoms with Gasteiger partial charge in [0.15, 0.2) is 0 Å².